The predicted octanol–water partition coefficient (Wildman–Crippen LogP) is 4.50. The number of esters is 1. The van der Waals surface area contributed by atoms with Gasteiger partial charge in [-0.1, -0.05) is 20.8 Å². The second-order valence-electron chi connectivity index (χ2n) is 11.8. The third-order valence-electron chi connectivity index (χ3n) is 8.26. The molecule has 0 radical (unpaired) electrons. The molecule has 3 aliphatic rings. The number of aliphatic hydroxyl groups is 1. The van der Waals surface area contributed by atoms with Crippen LogP contribution in [0.4, 0.5) is 0 Å². The zero-order valence-corrected chi connectivity index (χ0v) is 23.1. The van der Waals surface area contributed by atoms with E-state index in [2.05, 4.69) is 13.8 Å². The monoisotopic (exact) mass is 508 g/mol. The van der Waals surface area contributed by atoms with Crippen molar-refractivity contribution in [3.8, 4) is 0 Å². The average Bonchev–Trinajstić information content (AvgIpc) is 3.19. The molecular weight excluding hydrogens is 468 g/mol. The Morgan fingerprint density at radius 3 is 2.62 bits per heavy atom. The highest BCUT2D eigenvalue weighted by atomic mass is 32.2. The Kier molecular flexibility index (Phi) is 7.43. The zero-order valence-electron chi connectivity index (χ0n) is 21.4. The minimum absolute atomic E-state index is 0.0151. The fourth-order valence-corrected chi connectivity index (χ4v) is 8.44. The Bertz CT molecular complexity index is 920. The summed E-state index contributed by atoms with van der Waals surface area (Å²) in [6, 6.07) is 0. The van der Waals surface area contributed by atoms with Crippen LogP contribution in [0.25, 0.3) is 0 Å². The summed E-state index contributed by atoms with van der Waals surface area (Å²) in [7, 11) is 0. The number of carbonyl (C=O) groups is 2. The van der Waals surface area contributed by atoms with Crippen molar-refractivity contribution < 1.29 is 19.4 Å². The van der Waals surface area contributed by atoms with E-state index in [1.165, 1.54) is 4.88 Å². The van der Waals surface area contributed by atoms with E-state index in [1.807, 2.05) is 44.4 Å². The van der Waals surface area contributed by atoms with Gasteiger partial charge in [-0.25, -0.2) is 4.98 Å². The summed E-state index contributed by atoms with van der Waals surface area (Å²) in [5.41, 5.74) is 0.493. The molecule has 1 N–H and O–H groups in total. The lowest BCUT2D eigenvalue weighted by molar-refractivity contribution is -0.154. The van der Waals surface area contributed by atoms with Gasteiger partial charge in [-0.2, -0.15) is 11.8 Å². The van der Waals surface area contributed by atoms with Gasteiger partial charge in [0, 0.05) is 41.3 Å². The molecule has 0 bridgehead atoms. The molecule has 4 rings (SSSR count). The van der Waals surface area contributed by atoms with E-state index in [4.69, 9.17) is 9.72 Å². The molecule has 1 aliphatic heterocycles. The number of nitrogens with zero attached hydrogens (tertiary/aromatic N) is 2. The van der Waals surface area contributed by atoms with Crippen molar-refractivity contribution in [2.45, 2.75) is 79.4 Å². The van der Waals surface area contributed by atoms with Crippen LogP contribution in [0.15, 0.2) is 0 Å². The topological polar surface area (TPSA) is 79.7 Å². The summed E-state index contributed by atoms with van der Waals surface area (Å²) in [6.45, 7) is 13.9. The van der Waals surface area contributed by atoms with Crippen LogP contribution in [0.1, 0.15) is 75.9 Å². The number of thioether (sulfide) groups is 1. The van der Waals surface area contributed by atoms with Crippen molar-refractivity contribution in [1.82, 2.24) is 9.88 Å². The number of aromatic nitrogens is 1. The quantitative estimate of drug-likeness (QED) is 0.604. The van der Waals surface area contributed by atoms with E-state index in [0.29, 0.717) is 0 Å². The van der Waals surface area contributed by atoms with Gasteiger partial charge in [-0.05, 0) is 57.3 Å². The second-order valence-corrected chi connectivity index (χ2v) is 14.2. The highest BCUT2D eigenvalue weighted by molar-refractivity contribution is 7.99. The molecule has 0 unspecified atom stereocenters. The van der Waals surface area contributed by atoms with Crippen LogP contribution in [-0.4, -0.2) is 57.6 Å². The molecule has 6 atom stereocenters. The van der Waals surface area contributed by atoms with Crippen molar-refractivity contribution in [2.75, 3.05) is 24.6 Å². The number of hydrogen-bond acceptors (Lipinski definition) is 7. The van der Waals surface area contributed by atoms with Crippen LogP contribution < -0.4 is 0 Å². The summed E-state index contributed by atoms with van der Waals surface area (Å²) in [4.78, 5) is 33.5. The molecule has 1 saturated heterocycles. The van der Waals surface area contributed by atoms with Crippen molar-refractivity contribution in [3.63, 3.8) is 0 Å². The Labute approximate surface area is 212 Å². The van der Waals surface area contributed by atoms with E-state index in [-0.39, 0.29) is 47.6 Å². The van der Waals surface area contributed by atoms with E-state index in [9.17, 15) is 14.7 Å². The van der Waals surface area contributed by atoms with Crippen LogP contribution in [0.5, 0.6) is 0 Å². The molecule has 2 fully saturated rings. The van der Waals surface area contributed by atoms with Crippen molar-refractivity contribution in [3.05, 3.63) is 15.6 Å². The van der Waals surface area contributed by atoms with E-state index in [1.54, 1.807) is 11.3 Å². The van der Waals surface area contributed by atoms with Crippen LogP contribution in [0, 0.1) is 28.6 Å². The molecule has 34 heavy (non-hydrogen) atoms. The first-order valence-electron chi connectivity index (χ1n) is 12.6. The highest BCUT2D eigenvalue weighted by Gasteiger charge is 2.54. The van der Waals surface area contributed by atoms with Gasteiger partial charge in [0.15, 0.2) is 0 Å². The van der Waals surface area contributed by atoms with Gasteiger partial charge in [0.2, 0.25) is 5.91 Å². The maximum absolute atomic E-state index is 13.2. The van der Waals surface area contributed by atoms with E-state index < -0.39 is 11.5 Å². The summed E-state index contributed by atoms with van der Waals surface area (Å²) in [6.07, 6.45) is 2.24. The normalized spacial score (nSPS) is 32.5. The molecule has 0 spiro atoms. The van der Waals surface area contributed by atoms with Gasteiger partial charge in [-0.3, -0.25) is 9.59 Å². The fraction of sp³-hybridized carbons (Fsp3) is 0.808. The smallest absolute Gasteiger partial charge is 0.311 e. The maximum Gasteiger partial charge on any atom is 0.311 e. The number of ether oxygens (including phenoxy) is 1. The minimum Gasteiger partial charge on any atom is -0.458 e. The first-order chi connectivity index (χ1) is 15.9. The molecule has 1 saturated carbocycles. The molecule has 190 valence electrons. The number of aliphatic hydroxyl groups excluding tert-OH is 1. The number of rotatable bonds is 4. The Morgan fingerprint density at radius 1 is 1.29 bits per heavy atom. The lowest BCUT2D eigenvalue weighted by atomic mass is 9.53. The fourth-order valence-electron chi connectivity index (χ4n) is 6.26. The lowest BCUT2D eigenvalue weighted by Crippen LogP contribution is -2.54. The molecule has 1 amide bonds. The number of amides is 1. The summed E-state index contributed by atoms with van der Waals surface area (Å²) >= 11 is 3.55. The average molecular weight is 509 g/mol. The lowest BCUT2D eigenvalue weighted by Gasteiger charge is -2.53. The summed E-state index contributed by atoms with van der Waals surface area (Å²) in [5, 5.41) is 12.5. The number of hydrogen-bond donors (Lipinski definition) is 1. The molecule has 1 aromatic rings. The summed E-state index contributed by atoms with van der Waals surface area (Å²) < 4.78 is 5.52. The number of thiazole rings is 1. The Hall–Kier alpha value is -1.12. The van der Waals surface area contributed by atoms with Crippen LogP contribution in [0.2, 0.25) is 0 Å². The molecule has 0 aromatic carbocycles. The largest absolute Gasteiger partial charge is 0.458 e. The molecule has 8 heteroatoms. The van der Waals surface area contributed by atoms with Crippen LogP contribution in [-0.2, 0) is 27.4 Å². The molecule has 6 nitrogen and oxygen atoms in total. The van der Waals surface area contributed by atoms with Crippen molar-refractivity contribution in [1.29, 1.82) is 0 Å². The van der Waals surface area contributed by atoms with Gasteiger partial charge >= 0.3 is 5.97 Å². The van der Waals surface area contributed by atoms with E-state index in [0.717, 1.165) is 54.6 Å². The van der Waals surface area contributed by atoms with Crippen LogP contribution >= 0.6 is 23.1 Å². The van der Waals surface area contributed by atoms with Crippen molar-refractivity contribution in [2.24, 2.45) is 28.6 Å². The van der Waals surface area contributed by atoms with Crippen LogP contribution in [0.3, 0.4) is 0 Å². The van der Waals surface area contributed by atoms with E-state index >= 15 is 0 Å². The maximum atomic E-state index is 13.2. The first kappa shape index (κ1) is 26.0. The second kappa shape index (κ2) is 9.74. The minimum atomic E-state index is -0.535. The zero-order chi connectivity index (χ0) is 24.8. The third-order valence-corrected chi connectivity index (χ3v) is 10.2. The third kappa shape index (κ3) is 4.92. The van der Waals surface area contributed by atoms with Gasteiger partial charge in [-0.15, -0.1) is 11.3 Å². The van der Waals surface area contributed by atoms with Gasteiger partial charge in [0.25, 0.3) is 0 Å². The van der Waals surface area contributed by atoms with Crippen molar-refractivity contribution >= 4 is 35.0 Å². The Balaban J connectivity index is 1.50. The number of carbonyl (C=O) groups excluding carboxylic acids is 2. The Morgan fingerprint density at radius 2 is 1.97 bits per heavy atom. The van der Waals surface area contributed by atoms with Gasteiger partial charge < -0.3 is 14.7 Å². The molecular formula is C26H40N2O4S2. The standard InChI is InChI=1S/C26H40N2O4S2/c1-15(23(30)28-9-11-33-12-10-28)17-7-8-26(6)13-18-21(16(2)20(26)22(17)29)27-19(34-18)14-32-24(31)25(3,4)5/h15-17,20,22,29H,7-14H2,1-6H3/t15-,16+,17+,20+,22-,26+/m0/s1. The SMILES string of the molecule is C[C@H](C(=O)N1CCSCC1)[C@H]1CC[C@]2(C)Cc3sc(COC(=O)C(C)(C)C)nc3[C@H](C)[C@@H]2[C@H]1O. The predicted molar refractivity (Wildman–Crippen MR) is 137 cm³/mol. The molecule has 2 aliphatic carbocycles. The number of fused-ring (bicyclic) bond motifs is 2. The molecule has 1 aromatic heterocycles. The van der Waals surface area contributed by atoms with Gasteiger partial charge in [0.05, 0.1) is 17.2 Å². The first-order valence-corrected chi connectivity index (χ1v) is 14.6. The molecule has 2 heterocycles. The summed E-state index contributed by atoms with van der Waals surface area (Å²) in [5.74, 6) is 1.97. The highest BCUT2D eigenvalue weighted by Crippen LogP contribution is 2.57. The van der Waals surface area contributed by atoms with Gasteiger partial charge in [0.1, 0.15) is 11.6 Å².